The molecule has 0 spiro atoms. The Morgan fingerprint density at radius 2 is 1.79 bits per heavy atom. The summed E-state index contributed by atoms with van der Waals surface area (Å²) in [5.74, 6) is -0.0778. The van der Waals surface area contributed by atoms with Crippen molar-refractivity contribution in [1.82, 2.24) is 5.32 Å². The summed E-state index contributed by atoms with van der Waals surface area (Å²) in [6.45, 7) is 3.46. The number of nitrogens with one attached hydrogen (secondary N) is 1. The lowest BCUT2D eigenvalue weighted by Gasteiger charge is -2.20. The Morgan fingerprint density at radius 1 is 1.16 bits per heavy atom. The highest BCUT2D eigenvalue weighted by Crippen LogP contribution is 2.19. The van der Waals surface area contributed by atoms with Gasteiger partial charge in [0.05, 0.1) is 6.61 Å². The topological polar surface area (TPSA) is 21.3 Å². The molecule has 1 N–H and O–H groups in total. The van der Waals surface area contributed by atoms with E-state index in [1.807, 2.05) is 44.2 Å². The van der Waals surface area contributed by atoms with Crippen molar-refractivity contribution in [3.8, 4) is 0 Å². The van der Waals surface area contributed by atoms with Crippen molar-refractivity contribution in [2.24, 2.45) is 0 Å². The van der Waals surface area contributed by atoms with E-state index in [0.717, 1.165) is 5.56 Å². The number of hydrogen-bond acceptors (Lipinski definition) is 2. The summed E-state index contributed by atoms with van der Waals surface area (Å²) in [5.41, 5.74) is 0.984. The van der Waals surface area contributed by atoms with Gasteiger partial charge in [-0.3, -0.25) is 0 Å². The second kappa shape index (κ2) is 7.50. The van der Waals surface area contributed by atoms with E-state index < -0.39 is 12.8 Å². The molecule has 1 aromatic rings. The summed E-state index contributed by atoms with van der Waals surface area (Å²) < 4.78 is 41.0. The number of benzene rings is 1. The van der Waals surface area contributed by atoms with Crippen LogP contribution in [0.4, 0.5) is 13.2 Å². The van der Waals surface area contributed by atoms with Crippen molar-refractivity contribution in [3.63, 3.8) is 0 Å². The molecular formula is C14H20F3NO. The zero-order valence-corrected chi connectivity index (χ0v) is 11.2. The zero-order chi connectivity index (χ0) is 14.3. The van der Waals surface area contributed by atoms with E-state index in [9.17, 15) is 13.2 Å². The van der Waals surface area contributed by atoms with Crippen LogP contribution in [0, 0.1) is 0 Å². The summed E-state index contributed by atoms with van der Waals surface area (Å²) in [6, 6.07) is 9.73. The van der Waals surface area contributed by atoms with E-state index in [4.69, 9.17) is 4.74 Å². The SMILES string of the molecule is CC(C)NCC(COCC(F)(F)F)c1ccccc1. The highest BCUT2D eigenvalue weighted by Gasteiger charge is 2.28. The van der Waals surface area contributed by atoms with Gasteiger partial charge in [-0.25, -0.2) is 0 Å². The molecule has 0 aliphatic rings. The number of alkyl halides is 3. The van der Waals surface area contributed by atoms with Gasteiger partial charge in [0.25, 0.3) is 0 Å². The smallest absolute Gasteiger partial charge is 0.371 e. The number of rotatable bonds is 7. The molecule has 0 aliphatic heterocycles. The lowest BCUT2D eigenvalue weighted by molar-refractivity contribution is -0.174. The third-order valence-electron chi connectivity index (χ3n) is 2.63. The Bertz CT molecular complexity index is 351. The van der Waals surface area contributed by atoms with Gasteiger partial charge in [-0.05, 0) is 5.56 Å². The van der Waals surface area contributed by atoms with E-state index in [-0.39, 0.29) is 18.6 Å². The zero-order valence-electron chi connectivity index (χ0n) is 11.2. The molecule has 2 nitrogen and oxygen atoms in total. The molecule has 0 saturated carbocycles. The van der Waals surface area contributed by atoms with Gasteiger partial charge in [0.2, 0.25) is 0 Å². The van der Waals surface area contributed by atoms with Gasteiger partial charge >= 0.3 is 6.18 Å². The van der Waals surface area contributed by atoms with Gasteiger partial charge in [0, 0.05) is 18.5 Å². The third kappa shape index (κ3) is 7.18. The quantitative estimate of drug-likeness (QED) is 0.824. The van der Waals surface area contributed by atoms with Crippen LogP contribution in [0.2, 0.25) is 0 Å². The Morgan fingerprint density at radius 3 is 2.32 bits per heavy atom. The first-order chi connectivity index (χ1) is 8.88. The van der Waals surface area contributed by atoms with Gasteiger partial charge in [-0.2, -0.15) is 13.2 Å². The van der Waals surface area contributed by atoms with E-state index in [2.05, 4.69) is 5.32 Å². The molecule has 1 rings (SSSR count). The predicted molar refractivity (Wildman–Crippen MR) is 69.2 cm³/mol. The molecule has 1 unspecified atom stereocenters. The first-order valence-corrected chi connectivity index (χ1v) is 6.31. The second-order valence-corrected chi connectivity index (χ2v) is 4.80. The summed E-state index contributed by atoms with van der Waals surface area (Å²) in [7, 11) is 0. The molecule has 0 fully saturated rings. The molecular weight excluding hydrogens is 255 g/mol. The van der Waals surface area contributed by atoms with Crippen LogP contribution in [0.25, 0.3) is 0 Å². The molecule has 1 atom stereocenters. The Kier molecular flexibility index (Phi) is 6.31. The molecule has 0 bridgehead atoms. The van der Waals surface area contributed by atoms with Crippen molar-refractivity contribution in [2.45, 2.75) is 32.0 Å². The number of halogens is 3. The maximum atomic E-state index is 12.1. The molecule has 108 valence electrons. The summed E-state index contributed by atoms with van der Waals surface area (Å²) >= 11 is 0. The van der Waals surface area contributed by atoms with Gasteiger partial charge in [0.1, 0.15) is 6.61 Å². The van der Waals surface area contributed by atoms with Crippen molar-refractivity contribution in [2.75, 3.05) is 19.8 Å². The summed E-state index contributed by atoms with van der Waals surface area (Å²) in [4.78, 5) is 0. The van der Waals surface area contributed by atoms with Crippen LogP contribution in [0.3, 0.4) is 0 Å². The summed E-state index contributed by atoms with van der Waals surface area (Å²) in [5, 5.41) is 3.23. The molecule has 0 radical (unpaired) electrons. The van der Waals surface area contributed by atoms with Gasteiger partial charge in [-0.15, -0.1) is 0 Å². The fraction of sp³-hybridized carbons (Fsp3) is 0.571. The van der Waals surface area contributed by atoms with E-state index in [1.165, 1.54) is 0 Å². The molecule has 1 aromatic carbocycles. The molecule has 0 amide bonds. The molecule has 0 saturated heterocycles. The first kappa shape index (κ1) is 16.0. The highest BCUT2D eigenvalue weighted by atomic mass is 19.4. The maximum absolute atomic E-state index is 12.1. The number of hydrogen-bond donors (Lipinski definition) is 1. The fourth-order valence-corrected chi connectivity index (χ4v) is 1.69. The fourth-order valence-electron chi connectivity index (χ4n) is 1.69. The number of ether oxygens (including phenoxy) is 1. The van der Waals surface area contributed by atoms with Crippen LogP contribution in [0.15, 0.2) is 30.3 Å². The van der Waals surface area contributed by atoms with E-state index in [1.54, 1.807) is 0 Å². The van der Waals surface area contributed by atoms with Gasteiger partial charge in [0.15, 0.2) is 0 Å². The highest BCUT2D eigenvalue weighted by molar-refractivity contribution is 5.20. The standard InChI is InChI=1S/C14H20F3NO/c1-11(2)18-8-13(9-19-10-14(15,16)17)12-6-4-3-5-7-12/h3-7,11,13,18H,8-10H2,1-2H3. The monoisotopic (exact) mass is 275 g/mol. The minimum absolute atomic E-state index is 0.0588. The predicted octanol–water partition coefficient (Wildman–Crippen LogP) is 3.35. The van der Waals surface area contributed by atoms with Crippen LogP contribution in [0.5, 0.6) is 0 Å². The van der Waals surface area contributed by atoms with Gasteiger partial charge < -0.3 is 10.1 Å². The van der Waals surface area contributed by atoms with Crippen LogP contribution < -0.4 is 5.32 Å². The van der Waals surface area contributed by atoms with E-state index in [0.29, 0.717) is 6.54 Å². The molecule has 0 aromatic heterocycles. The third-order valence-corrected chi connectivity index (χ3v) is 2.63. The lowest BCUT2D eigenvalue weighted by atomic mass is 10.00. The molecule has 0 heterocycles. The molecule has 19 heavy (non-hydrogen) atoms. The van der Waals surface area contributed by atoms with Crippen LogP contribution in [0.1, 0.15) is 25.3 Å². The van der Waals surface area contributed by atoms with Crippen molar-refractivity contribution >= 4 is 0 Å². The minimum atomic E-state index is -4.27. The van der Waals surface area contributed by atoms with E-state index >= 15 is 0 Å². The van der Waals surface area contributed by atoms with Crippen LogP contribution >= 0.6 is 0 Å². The average molecular weight is 275 g/mol. The minimum Gasteiger partial charge on any atom is -0.371 e. The van der Waals surface area contributed by atoms with Crippen molar-refractivity contribution in [1.29, 1.82) is 0 Å². The Labute approximate surface area is 112 Å². The Balaban J connectivity index is 2.55. The second-order valence-electron chi connectivity index (χ2n) is 4.80. The van der Waals surface area contributed by atoms with Crippen molar-refractivity contribution < 1.29 is 17.9 Å². The summed E-state index contributed by atoms with van der Waals surface area (Å²) in [6.07, 6.45) is -4.27. The normalized spacial score (nSPS) is 13.8. The largest absolute Gasteiger partial charge is 0.411 e. The van der Waals surface area contributed by atoms with Crippen LogP contribution in [-0.4, -0.2) is 32.0 Å². The Hall–Kier alpha value is -1.07. The lowest BCUT2D eigenvalue weighted by Crippen LogP contribution is -2.31. The molecule has 0 aliphatic carbocycles. The molecule has 5 heteroatoms. The average Bonchev–Trinajstić information content (AvgIpc) is 2.33. The van der Waals surface area contributed by atoms with Crippen molar-refractivity contribution in [3.05, 3.63) is 35.9 Å². The first-order valence-electron chi connectivity index (χ1n) is 6.31. The van der Waals surface area contributed by atoms with Gasteiger partial charge in [-0.1, -0.05) is 44.2 Å². The van der Waals surface area contributed by atoms with Crippen LogP contribution in [-0.2, 0) is 4.74 Å². The maximum Gasteiger partial charge on any atom is 0.411 e.